The predicted molar refractivity (Wildman–Crippen MR) is 372 cm³/mol. The predicted octanol–water partition coefficient (Wildman–Crippen LogP) is 21.0. The van der Waals surface area contributed by atoms with Gasteiger partial charge in [-0.05, 0) is 43.4 Å². The van der Waals surface area contributed by atoms with Crippen LogP contribution in [0.5, 0.6) is 0 Å². The molecule has 0 aromatic rings. The molecule has 0 radical (unpaired) electrons. The lowest BCUT2D eigenvalue weighted by molar-refractivity contribution is -0.161. The molecule has 0 saturated carbocycles. The highest BCUT2D eigenvalue weighted by molar-refractivity contribution is 7.47. The van der Waals surface area contributed by atoms with Crippen LogP contribution in [0.25, 0.3) is 0 Å². The van der Waals surface area contributed by atoms with Gasteiger partial charge in [-0.25, -0.2) is 9.13 Å². The summed E-state index contributed by atoms with van der Waals surface area (Å²) in [5.41, 5.74) is 0. The van der Waals surface area contributed by atoms with Gasteiger partial charge in [0.1, 0.15) is 19.3 Å². The molecule has 0 bridgehead atoms. The number of phosphoric acid groups is 2. The molecule has 0 heterocycles. The average molecular weight is 1350 g/mol. The van der Waals surface area contributed by atoms with E-state index in [1.807, 2.05) is 0 Å². The number of carbonyl (C=O) groups is 4. The molecule has 17 nitrogen and oxygen atoms in total. The van der Waals surface area contributed by atoms with Gasteiger partial charge in [-0.2, -0.15) is 0 Å². The Labute approximate surface area is 562 Å². The number of hydrogen-bond donors (Lipinski definition) is 3. The maximum absolute atomic E-state index is 13.1. The monoisotopic (exact) mass is 1350 g/mol. The van der Waals surface area contributed by atoms with Gasteiger partial charge in [0.2, 0.25) is 0 Å². The molecule has 0 aliphatic heterocycles. The van der Waals surface area contributed by atoms with Crippen molar-refractivity contribution in [3.63, 3.8) is 0 Å². The van der Waals surface area contributed by atoms with E-state index < -0.39 is 97.5 Å². The zero-order chi connectivity index (χ0) is 68.0. The minimum atomic E-state index is -4.95. The van der Waals surface area contributed by atoms with Gasteiger partial charge < -0.3 is 33.8 Å². The van der Waals surface area contributed by atoms with Gasteiger partial charge in [0, 0.05) is 25.7 Å². The van der Waals surface area contributed by atoms with Crippen molar-refractivity contribution in [3.05, 3.63) is 0 Å². The maximum Gasteiger partial charge on any atom is 0.472 e. The average Bonchev–Trinajstić information content (AvgIpc) is 1.59. The number of aliphatic hydroxyl groups excluding tert-OH is 1. The maximum atomic E-state index is 13.1. The van der Waals surface area contributed by atoms with Gasteiger partial charge in [-0.15, -0.1) is 0 Å². The number of esters is 4. The lowest BCUT2D eigenvalue weighted by Crippen LogP contribution is -2.30. The van der Waals surface area contributed by atoms with Crippen LogP contribution in [0.2, 0.25) is 0 Å². The molecule has 3 N–H and O–H groups in total. The number of phosphoric ester groups is 2. The van der Waals surface area contributed by atoms with Crippen LogP contribution in [0.15, 0.2) is 0 Å². The number of unbranched alkanes of at least 4 members (excludes halogenated alkanes) is 38. The number of ether oxygens (including phenoxy) is 4. The van der Waals surface area contributed by atoms with Crippen LogP contribution in [0.4, 0.5) is 0 Å². The third-order valence-corrected chi connectivity index (χ3v) is 19.1. The highest BCUT2D eigenvalue weighted by atomic mass is 31.2. The Bertz CT molecular complexity index is 1800. The van der Waals surface area contributed by atoms with E-state index >= 15 is 0 Å². The molecule has 546 valence electrons. The van der Waals surface area contributed by atoms with E-state index in [1.165, 1.54) is 173 Å². The molecule has 0 saturated heterocycles. The second-order valence-electron chi connectivity index (χ2n) is 27.5. The van der Waals surface area contributed by atoms with Crippen molar-refractivity contribution in [2.24, 2.45) is 17.8 Å². The highest BCUT2D eigenvalue weighted by Crippen LogP contribution is 2.45. The van der Waals surface area contributed by atoms with Crippen molar-refractivity contribution in [3.8, 4) is 0 Å². The summed E-state index contributed by atoms with van der Waals surface area (Å²) in [5.74, 6) is 0.233. The molecule has 3 unspecified atom stereocenters. The smallest absolute Gasteiger partial charge is 0.462 e. The first-order chi connectivity index (χ1) is 44.3. The lowest BCUT2D eigenvalue weighted by atomic mass is 9.99. The number of rotatable bonds is 71. The SMILES string of the molecule is CCCCCCCCCCC(=O)OC[C@H](COP(=O)(O)OC[C@H](O)COP(=O)(O)OC[C@@H](COC(=O)CCCCCCCCCCCCC(C)CC)OC(=O)CCCCCCCCCCCCCCCCC(C)C)OC(=O)CCCCCCCCCCCCC(C)C. The van der Waals surface area contributed by atoms with Gasteiger partial charge >= 0.3 is 39.5 Å². The lowest BCUT2D eigenvalue weighted by Gasteiger charge is -2.21. The molecule has 0 aromatic heterocycles. The van der Waals surface area contributed by atoms with Gasteiger partial charge in [0.15, 0.2) is 12.2 Å². The van der Waals surface area contributed by atoms with Crippen LogP contribution >= 0.6 is 15.6 Å². The molecule has 0 rings (SSSR count). The molecule has 0 spiro atoms. The van der Waals surface area contributed by atoms with Crippen LogP contribution in [0.3, 0.4) is 0 Å². The standard InChI is InChI=1S/C73H142O17P2/c1-8-10-11-12-13-33-40-47-54-70(75)83-60-68(89-73(78)57-50-43-36-29-22-20-25-31-38-45-52-65(5)6)62-87-91(79,80)85-58-67(74)59-86-92(81,82)88-63-69(61-84-71(76)55-48-41-34-27-23-21-26-32-39-46-53-66(7)9-2)90-72(77)56-49-42-35-28-19-17-15-14-16-18-24-30-37-44-51-64(3)4/h64-69,74H,8-63H2,1-7H3,(H,79,80)(H,81,82)/t66?,67-,68+,69+/m0/s1. The summed E-state index contributed by atoms with van der Waals surface area (Å²) in [7, 11) is -9.90. The van der Waals surface area contributed by atoms with E-state index in [2.05, 4.69) is 48.5 Å². The Morgan fingerprint density at radius 2 is 0.554 bits per heavy atom. The minimum Gasteiger partial charge on any atom is -0.462 e. The fraction of sp³-hybridized carbons (Fsp3) is 0.945. The molecule has 6 atom stereocenters. The first-order valence-corrected chi connectivity index (χ1v) is 40.9. The van der Waals surface area contributed by atoms with Gasteiger partial charge in [0.05, 0.1) is 26.4 Å². The fourth-order valence-corrected chi connectivity index (χ4v) is 12.6. The Balaban J connectivity index is 5.23. The fourth-order valence-electron chi connectivity index (χ4n) is 11.0. The highest BCUT2D eigenvalue weighted by Gasteiger charge is 2.30. The number of hydrogen-bond acceptors (Lipinski definition) is 15. The second-order valence-corrected chi connectivity index (χ2v) is 30.4. The molecule has 19 heteroatoms. The van der Waals surface area contributed by atoms with Crippen molar-refractivity contribution in [1.29, 1.82) is 0 Å². The summed E-state index contributed by atoms with van der Waals surface area (Å²) in [4.78, 5) is 72.6. The van der Waals surface area contributed by atoms with E-state index in [9.17, 15) is 43.2 Å². The summed E-state index contributed by atoms with van der Waals surface area (Å²) in [6.07, 6.45) is 48.5. The Kier molecular flexibility index (Phi) is 62.4. The van der Waals surface area contributed by atoms with Crippen LogP contribution in [0.1, 0.15) is 370 Å². The zero-order valence-corrected chi connectivity index (χ0v) is 61.8. The van der Waals surface area contributed by atoms with Crippen molar-refractivity contribution < 1.29 is 80.2 Å². The summed E-state index contributed by atoms with van der Waals surface area (Å²) in [6, 6.07) is 0. The van der Waals surface area contributed by atoms with Gasteiger partial charge in [-0.3, -0.25) is 37.3 Å². The molecular weight excluding hydrogens is 1210 g/mol. The van der Waals surface area contributed by atoms with E-state index in [4.69, 9.17) is 37.0 Å². The summed E-state index contributed by atoms with van der Waals surface area (Å²) in [5, 5.41) is 10.6. The third-order valence-electron chi connectivity index (χ3n) is 17.2. The minimum absolute atomic E-state index is 0.105. The van der Waals surface area contributed by atoms with E-state index in [0.717, 1.165) is 114 Å². The van der Waals surface area contributed by atoms with Crippen molar-refractivity contribution in [2.75, 3.05) is 39.6 Å². The van der Waals surface area contributed by atoms with Crippen LogP contribution in [-0.2, 0) is 65.4 Å². The second kappa shape index (κ2) is 63.8. The first kappa shape index (κ1) is 90.1. The topological polar surface area (TPSA) is 237 Å². The third kappa shape index (κ3) is 65.4. The van der Waals surface area contributed by atoms with Crippen LogP contribution in [0, 0.1) is 17.8 Å². The first-order valence-electron chi connectivity index (χ1n) is 37.9. The van der Waals surface area contributed by atoms with Crippen molar-refractivity contribution >= 4 is 39.5 Å². The molecule has 0 aliphatic carbocycles. The Hall–Kier alpha value is -1.94. The Morgan fingerprint density at radius 3 is 0.826 bits per heavy atom. The summed E-state index contributed by atoms with van der Waals surface area (Å²) < 4.78 is 68.4. The van der Waals surface area contributed by atoms with Crippen LogP contribution in [-0.4, -0.2) is 96.7 Å². The van der Waals surface area contributed by atoms with Crippen molar-refractivity contribution in [2.45, 2.75) is 388 Å². The largest absolute Gasteiger partial charge is 0.472 e. The molecule has 0 amide bonds. The summed E-state index contributed by atoms with van der Waals surface area (Å²) >= 11 is 0. The van der Waals surface area contributed by atoms with Gasteiger partial charge in [0.25, 0.3) is 0 Å². The van der Waals surface area contributed by atoms with E-state index in [1.54, 1.807) is 0 Å². The summed E-state index contributed by atoms with van der Waals surface area (Å²) in [6.45, 7) is 11.9. The molecular formula is C73H142O17P2. The Morgan fingerprint density at radius 1 is 0.315 bits per heavy atom. The van der Waals surface area contributed by atoms with Crippen LogP contribution < -0.4 is 0 Å². The number of carbonyl (C=O) groups excluding carboxylic acids is 4. The zero-order valence-electron chi connectivity index (χ0n) is 60.0. The molecule has 0 aromatic carbocycles. The van der Waals surface area contributed by atoms with Crippen molar-refractivity contribution in [1.82, 2.24) is 0 Å². The quantitative estimate of drug-likeness (QED) is 0.0222. The number of aliphatic hydroxyl groups is 1. The molecule has 0 aliphatic rings. The van der Waals surface area contributed by atoms with Gasteiger partial charge in [-0.1, -0.05) is 318 Å². The van der Waals surface area contributed by atoms with E-state index in [-0.39, 0.29) is 25.7 Å². The normalized spacial score (nSPS) is 14.4. The molecule has 0 fully saturated rings. The molecule has 92 heavy (non-hydrogen) atoms. The van der Waals surface area contributed by atoms with E-state index in [0.29, 0.717) is 25.7 Å².